The van der Waals surface area contributed by atoms with E-state index in [0.29, 0.717) is 34.9 Å². The minimum absolute atomic E-state index is 0.175. The third kappa shape index (κ3) is 3.77. The van der Waals surface area contributed by atoms with Gasteiger partial charge >= 0.3 is 0 Å². The van der Waals surface area contributed by atoms with E-state index in [4.69, 9.17) is 5.41 Å². The molecular formula is C19H24N6O. The molecule has 1 saturated heterocycles. The number of benzene rings is 1. The first-order valence-electron chi connectivity index (χ1n) is 9.19. The summed E-state index contributed by atoms with van der Waals surface area (Å²) in [5.41, 5.74) is 2.57. The largest absolute Gasteiger partial charge is 0.507 e. The fraction of sp³-hybridized carbons (Fsp3) is 0.421. The fourth-order valence-electron chi connectivity index (χ4n) is 3.19. The van der Waals surface area contributed by atoms with Crippen molar-refractivity contribution >= 4 is 11.5 Å². The standard InChI is InChI=1S/C19H24N6O/c20-19(23-12-5-6-12)18-16(22-13-7-9-21-10-8-13)11-15(24-25-18)14-3-1-2-4-17(14)26/h1-4,11-13,21,26H,5-10H2,(H2,20,23)(H,22,24). The number of phenols is 1. The number of rotatable bonds is 5. The molecule has 0 atom stereocenters. The van der Waals surface area contributed by atoms with Crippen LogP contribution in [-0.2, 0) is 0 Å². The second-order valence-electron chi connectivity index (χ2n) is 6.97. The zero-order valence-electron chi connectivity index (χ0n) is 14.6. The smallest absolute Gasteiger partial charge is 0.150 e. The summed E-state index contributed by atoms with van der Waals surface area (Å²) >= 11 is 0. The van der Waals surface area contributed by atoms with E-state index in [9.17, 15) is 5.11 Å². The number of hydrogen-bond donors (Lipinski definition) is 5. The van der Waals surface area contributed by atoms with Gasteiger partial charge < -0.3 is 21.1 Å². The van der Waals surface area contributed by atoms with Gasteiger partial charge in [0.1, 0.15) is 11.6 Å². The average Bonchev–Trinajstić information content (AvgIpc) is 3.47. The molecule has 0 bridgehead atoms. The molecule has 0 spiro atoms. The molecule has 1 saturated carbocycles. The van der Waals surface area contributed by atoms with Crippen LogP contribution in [0.5, 0.6) is 5.75 Å². The minimum Gasteiger partial charge on any atom is -0.507 e. The molecule has 2 aromatic rings. The number of anilines is 1. The van der Waals surface area contributed by atoms with Gasteiger partial charge in [-0.25, -0.2) is 0 Å². The molecule has 2 fully saturated rings. The SMILES string of the molecule is N=C(NC1CC1)c1nnc(-c2ccccc2O)cc1NC1CCNCC1. The summed E-state index contributed by atoms with van der Waals surface area (Å²) in [6.07, 6.45) is 4.25. The summed E-state index contributed by atoms with van der Waals surface area (Å²) in [7, 11) is 0. The van der Waals surface area contributed by atoms with Crippen molar-refractivity contribution in [2.45, 2.75) is 37.8 Å². The molecule has 7 heteroatoms. The molecule has 0 amide bonds. The van der Waals surface area contributed by atoms with E-state index in [-0.39, 0.29) is 5.75 Å². The summed E-state index contributed by atoms with van der Waals surface area (Å²) in [6, 6.07) is 9.72. The molecule has 136 valence electrons. The Morgan fingerprint density at radius 2 is 1.85 bits per heavy atom. The number of nitrogens with one attached hydrogen (secondary N) is 4. The Balaban J connectivity index is 1.66. The van der Waals surface area contributed by atoms with E-state index in [1.54, 1.807) is 12.1 Å². The highest BCUT2D eigenvalue weighted by molar-refractivity contribution is 6.00. The van der Waals surface area contributed by atoms with Crippen molar-refractivity contribution in [3.8, 4) is 17.0 Å². The molecule has 1 aliphatic carbocycles. The van der Waals surface area contributed by atoms with Crippen LogP contribution < -0.4 is 16.0 Å². The molecular weight excluding hydrogens is 328 g/mol. The molecule has 0 unspecified atom stereocenters. The van der Waals surface area contributed by atoms with Gasteiger partial charge in [-0.15, -0.1) is 10.2 Å². The molecule has 7 nitrogen and oxygen atoms in total. The molecule has 1 aromatic heterocycles. The lowest BCUT2D eigenvalue weighted by molar-refractivity contribution is 0.477. The van der Waals surface area contributed by atoms with Crippen molar-refractivity contribution in [3.05, 3.63) is 36.0 Å². The highest BCUT2D eigenvalue weighted by Crippen LogP contribution is 2.30. The van der Waals surface area contributed by atoms with Crippen LogP contribution in [0.1, 0.15) is 31.4 Å². The molecule has 1 aromatic carbocycles. The second kappa shape index (κ2) is 7.29. The molecule has 26 heavy (non-hydrogen) atoms. The maximum absolute atomic E-state index is 10.1. The molecule has 5 N–H and O–H groups in total. The number of aromatic nitrogens is 2. The average molecular weight is 352 g/mol. The van der Waals surface area contributed by atoms with E-state index in [2.05, 4.69) is 26.1 Å². The third-order valence-electron chi connectivity index (χ3n) is 4.84. The minimum atomic E-state index is 0.175. The van der Waals surface area contributed by atoms with Gasteiger partial charge in [0.2, 0.25) is 0 Å². The van der Waals surface area contributed by atoms with Gasteiger partial charge in [-0.3, -0.25) is 5.41 Å². The molecule has 0 radical (unpaired) electrons. The van der Waals surface area contributed by atoms with Crippen LogP contribution in [0.4, 0.5) is 5.69 Å². The van der Waals surface area contributed by atoms with Gasteiger partial charge in [-0.2, -0.15) is 0 Å². The zero-order chi connectivity index (χ0) is 17.9. The van der Waals surface area contributed by atoms with Crippen LogP contribution in [0.25, 0.3) is 11.3 Å². The second-order valence-corrected chi connectivity index (χ2v) is 6.97. The maximum atomic E-state index is 10.1. The topological polar surface area (TPSA) is 106 Å². The predicted molar refractivity (Wildman–Crippen MR) is 102 cm³/mol. The third-order valence-corrected chi connectivity index (χ3v) is 4.84. The van der Waals surface area contributed by atoms with Crippen molar-refractivity contribution in [3.63, 3.8) is 0 Å². The number of piperidine rings is 1. The number of aromatic hydroxyl groups is 1. The summed E-state index contributed by atoms with van der Waals surface area (Å²) in [4.78, 5) is 0. The Kier molecular flexibility index (Phi) is 4.71. The van der Waals surface area contributed by atoms with Crippen molar-refractivity contribution < 1.29 is 5.11 Å². The van der Waals surface area contributed by atoms with Crippen molar-refractivity contribution in [2.24, 2.45) is 0 Å². The van der Waals surface area contributed by atoms with Crippen LogP contribution in [0, 0.1) is 5.41 Å². The van der Waals surface area contributed by atoms with Gasteiger partial charge in [0.25, 0.3) is 0 Å². The van der Waals surface area contributed by atoms with Gasteiger partial charge in [-0.05, 0) is 57.0 Å². The zero-order valence-corrected chi connectivity index (χ0v) is 14.6. The first-order valence-corrected chi connectivity index (χ1v) is 9.19. The number of amidine groups is 1. The first-order chi connectivity index (χ1) is 12.7. The highest BCUT2D eigenvalue weighted by Gasteiger charge is 2.25. The number of para-hydroxylation sites is 1. The lowest BCUT2D eigenvalue weighted by atomic mass is 10.1. The molecule has 2 aliphatic rings. The number of hydrogen-bond acceptors (Lipinski definition) is 6. The summed E-state index contributed by atoms with van der Waals surface area (Å²) in [5.74, 6) is 0.480. The van der Waals surface area contributed by atoms with Crippen LogP contribution >= 0.6 is 0 Å². The van der Waals surface area contributed by atoms with Gasteiger partial charge in [0, 0.05) is 17.6 Å². The Labute approximate surface area is 152 Å². The van der Waals surface area contributed by atoms with Crippen LogP contribution in [0.2, 0.25) is 0 Å². The normalized spacial score (nSPS) is 17.7. The Morgan fingerprint density at radius 3 is 2.58 bits per heavy atom. The van der Waals surface area contributed by atoms with Crippen LogP contribution in [0.15, 0.2) is 30.3 Å². The predicted octanol–water partition coefficient (Wildman–Crippen LogP) is 2.09. The van der Waals surface area contributed by atoms with E-state index < -0.39 is 0 Å². The highest BCUT2D eigenvalue weighted by atomic mass is 16.3. The van der Waals surface area contributed by atoms with E-state index in [0.717, 1.165) is 44.5 Å². The first kappa shape index (κ1) is 16.8. The maximum Gasteiger partial charge on any atom is 0.150 e. The molecule has 2 heterocycles. The monoisotopic (exact) mass is 352 g/mol. The summed E-state index contributed by atoms with van der Waals surface area (Å²) in [6.45, 7) is 1.96. The van der Waals surface area contributed by atoms with Crippen LogP contribution in [0.3, 0.4) is 0 Å². The Bertz CT molecular complexity index is 798. The fourth-order valence-corrected chi connectivity index (χ4v) is 3.19. The number of nitrogens with zero attached hydrogens (tertiary/aromatic N) is 2. The van der Waals surface area contributed by atoms with E-state index in [1.165, 1.54) is 0 Å². The number of phenolic OH excluding ortho intramolecular Hbond substituents is 1. The summed E-state index contributed by atoms with van der Waals surface area (Å²) in [5, 5.41) is 37.2. The van der Waals surface area contributed by atoms with Gasteiger partial charge in [0.05, 0.1) is 11.4 Å². The lowest BCUT2D eigenvalue weighted by Gasteiger charge is -2.25. The molecule has 4 rings (SSSR count). The summed E-state index contributed by atoms with van der Waals surface area (Å²) < 4.78 is 0. The molecule has 1 aliphatic heterocycles. The Morgan fingerprint density at radius 1 is 1.08 bits per heavy atom. The van der Waals surface area contributed by atoms with Crippen molar-refractivity contribution in [1.82, 2.24) is 20.8 Å². The van der Waals surface area contributed by atoms with Gasteiger partial charge in [-0.1, -0.05) is 12.1 Å². The Hall–Kier alpha value is -2.67. The quantitative estimate of drug-likeness (QED) is 0.417. The van der Waals surface area contributed by atoms with Crippen LogP contribution in [-0.4, -0.2) is 46.3 Å². The van der Waals surface area contributed by atoms with Crippen molar-refractivity contribution in [2.75, 3.05) is 18.4 Å². The van der Waals surface area contributed by atoms with E-state index >= 15 is 0 Å². The van der Waals surface area contributed by atoms with Crippen molar-refractivity contribution in [1.29, 1.82) is 5.41 Å². The van der Waals surface area contributed by atoms with Gasteiger partial charge in [0.15, 0.2) is 5.69 Å². The van der Waals surface area contributed by atoms with E-state index in [1.807, 2.05) is 18.2 Å². The lowest BCUT2D eigenvalue weighted by Crippen LogP contribution is -2.36.